The number of amides is 2. The van der Waals surface area contributed by atoms with Crippen molar-refractivity contribution in [2.75, 3.05) is 43.0 Å². The van der Waals surface area contributed by atoms with Gasteiger partial charge in [0.1, 0.15) is 17.2 Å². The van der Waals surface area contributed by atoms with E-state index in [1.807, 2.05) is 41.3 Å². The van der Waals surface area contributed by atoms with Gasteiger partial charge in [-0.05, 0) is 85.5 Å². The van der Waals surface area contributed by atoms with Gasteiger partial charge in [-0.25, -0.2) is 13.2 Å². The summed E-state index contributed by atoms with van der Waals surface area (Å²) in [5.74, 6) is 2.10. The molecule has 0 aromatic heterocycles. The van der Waals surface area contributed by atoms with E-state index in [2.05, 4.69) is 34.0 Å². The molecule has 1 fully saturated rings. The lowest BCUT2D eigenvalue weighted by Crippen LogP contribution is -2.49. The van der Waals surface area contributed by atoms with Gasteiger partial charge in [0.2, 0.25) is 10.0 Å². The third-order valence-electron chi connectivity index (χ3n) is 7.08. The normalized spacial score (nSPS) is 14.0. The molecule has 0 unspecified atom stereocenters. The van der Waals surface area contributed by atoms with Crippen molar-refractivity contribution in [3.8, 4) is 17.2 Å². The van der Waals surface area contributed by atoms with E-state index in [9.17, 15) is 13.2 Å². The number of hydrogen-bond donors (Lipinski definition) is 2. The number of methoxy groups -OCH3 is 1. The Morgan fingerprint density at radius 3 is 2.00 bits per heavy atom. The van der Waals surface area contributed by atoms with Crippen LogP contribution in [0.4, 0.5) is 16.2 Å². The molecular weight excluding hydrogens is 576 g/mol. The topological polar surface area (TPSA) is 100 Å². The minimum atomic E-state index is -3.31. The van der Waals surface area contributed by atoms with Crippen molar-refractivity contribution in [3.05, 3.63) is 78.4 Å². The zero-order chi connectivity index (χ0) is 29.2. The number of rotatable bonds is 12. The number of likely N-dealkylation sites (tertiary alicyclic amines) is 1. The average molecular weight is 617 g/mol. The van der Waals surface area contributed by atoms with E-state index in [-0.39, 0.29) is 24.5 Å². The van der Waals surface area contributed by atoms with Crippen LogP contribution in [0.25, 0.3) is 0 Å². The monoisotopic (exact) mass is 616 g/mol. The highest BCUT2D eigenvalue weighted by atomic mass is 35.5. The predicted octanol–water partition coefficient (Wildman–Crippen LogP) is 6.58. The number of sulfonamides is 1. The Balaban J connectivity index is 0.00000484. The maximum absolute atomic E-state index is 13.2. The van der Waals surface area contributed by atoms with Gasteiger partial charge in [-0.15, -0.1) is 12.4 Å². The van der Waals surface area contributed by atoms with Gasteiger partial charge in [0.05, 0.1) is 13.4 Å². The Kier molecular flexibility index (Phi) is 12.3. The second-order valence-corrected chi connectivity index (χ2v) is 12.1. The molecule has 4 rings (SSSR count). The lowest BCUT2D eigenvalue weighted by atomic mass is 10.0. The Morgan fingerprint density at radius 2 is 1.45 bits per heavy atom. The highest BCUT2D eigenvalue weighted by Crippen LogP contribution is 2.25. The third kappa shape index (κ3) is 10.1. The largest absolute Gasteiger partial charge is 0.497 e. The molecule has 1 saturated heterocycles. The number of halogens is 1. The summed E-state index contributed by atoms with van der Waals surface area (Å²) in [5.41, 5.74) is 2.46. The molecule has 0 saturated carbocycles. The minimum Gasteiger partial charge on any atom is -0.497 e. The highest BCUT2D eigenvalue weighted by Gasteiger charge is 2.27. The van der Waals surface area contributed by atoms with Gasteiger partial charge in [0.25, 0.3) is 0 Å². The zero-order valence-electron chi connectivity index (χ0n) is 24.4. The van der Waals surface area contributed by atoms with Crippen LogP contribution in [0.3, 0.4) is 0 Å². The zero-order valence-corrected chi connectivity index (χ0v) is 26.0. The van der Waals surface area contributed by atoms with Crippen LogP contribution in [0.15, 0.2) is 72.8 Å². The first-order valence-electron chi connectivity index (χ1n) is 14.0. The summed E-state index contributed by atoms with van der Waals surface area (Å²) < 4.78 is 36.3. The smallest absolute Gasteiger partial charge is 0.322 e. The van der Waals surface area contributed by atoms with E-state index in [1.54, 1.807) is 31.4 Å². The molecule has 1 heterocycles. The Labute approximate surface area is 255 Å². The molecule has 11 heteroatoms. The first-order chi connectivity index (χ1) is 19.7. The van der Waals surface area contributed by atoms with Gasteiger partial charge < -0.3 is 19.7 Å². The Morgan fingerprint density at radius 1 is 0.905 bits per heavy atom. The number of carbonyl (C=O) groups excluding carboxylic acids is 1. The molecule has 0 bridgehead atoms. The second-order valence-electron chi connectivity index (χ2n) is 10.4. The van der Waals surface area contributed by atoms with Crippen molar-refractivity contribution in [2.45, 2.75) is 45.2 Å². The van der Waals surface area contributed by atoms with Gasteiger partial charge in [0, 0.05) is 43.6 Å². The van der Waals surface area contributed by atoms with Crippen LogP contribution in [0.2, 0.25) is 0 Å². The molecule has 9 nitrogen and oxygen atoms in total. The number of ether oxygens (including phenoxy) is 2. The SMILES string of the molecule is CCCCN(C(=O)Nc1ccc(OC)cc1)C1CCN(Cc2ccc(Oc3ccc(NS(C)(=O)=O)cc3)cc2)CC1.Cl. The lowest BCUT2D eigenvalue weighted by Gasteiger charge is -2.38. The van der Waals surface area contributed by atoms with E-state index in [4.69, 9.17) is 9.47 Å². The molecule has 2 amide bonds. The standard InChI is InChI=1S/C31H40N4O5S.ClH/c1-4-5-20-35(31(36)32-25-8-14-28(39-2)15-9-25)27-18-21-34(22-19-27)23-24-6-12-29(13-7-24)40-30-16-10-26(11-17-30)33-41(3,37)38;/h6-17,27,33H,4-5,18-23H2,1-3H3,(H,32,36);1H. The molecular formula is C31H41ClN4O5S. The molecule has 0 atom stereocenters. The molecule has 0 spiro atoms. The van der Waals surface area contributed by atoms with Gasteiger partial charge in [0.15, 0.2) is 0 Å². The Bertz CT molecular complexity index is 1360. The summed E-state index contributed by atoms with van der Waals surface area (Å²) in [4.78, 5) is 17.7. The van der Waals surface area contributed by atoms with E-state index < -0.39 is 10.0 Å². The third-order valence-corrected chi connectivity index (χ3v) is 7.68. The van der Waals surface area contributed by atoms with E-state index in [0.29, 0.717) is 17.2 Å². The maximum atomic E-state index is 13.2. The summed E-state index contributed by atoms with van der Waals surface area (Å²) in [6.45, 7) is 5.59. The summed E-state index contributed by atoms with van der Waals surface area (Å²) >= 11 is 0. The molecule has 3 aromatic carbocycles. The summed E-state index contributed by atoms with van der Waals surface area (Å²) in [6, 6.07) is 22.4. The minimum absolute atomic E-state index is 0. The van der Waals surface area contributed by atoms with Crippen molar-refractivity contribution >= 4 is 39.8 Å². The van der Waals surface area contributed by atoms with Crippen LogP contribution in [0, 0.1) is 0 Å². The molecule has 0 aliphatic carbocycles. The second kappa shape index (κ2) is 15.7. The summed E-state index contributed by atoms with van der Waals surface area (Å²) in [5, 5.41) is 3.06. The van der Waals surface area contributed by atoms with Gasteiger partial charge in [-0.3, -0.25) is 9.62 Å². The van der Waals surface area contributed by atoms with Crippen molar-refractivity contribution in [2.24, 2.45) is 0 Å². The number of nitrogens with zero attached hydrogens (tertiary/aromatic N) is 2. The highest BCUT2D eigenvalue weighted by molar-refractivity contribution is 7.92. The van der Waals surface area contributed by atoms with Crippen molar-refractivity contribution in [3.63, 3.8) is 0 Å². The maximum Gasteiger partial charge on any atom is 0.322 e. The summed E-state index contributed by atoms with van der Waals surface area (Å²) in [7, 11) is -1.69. The number of hydrogen-bond acceptors (Lipinski definition) is 6. The lowest BCUT2D eigenvalue weighted by molar-refractivity contribution is 0.122. The fraction of sp³-hybridized carbons (Fsp3) is 0.387. The van der Waals surface area contributed by atoms with Gasteiger partial charge in [-0.2, -0.15) is 0 Å². The van der Waals surface area contributed by atoms with Crippen molar-refractivity contribution in [1.82, 2.24) is 9.80 Å². The first kappa shape index (κ1) is 33.0. The van der Waals surface area contributed by atoms with Crippen LogP contribution >= 0.6 is 12.4 Å². The number of carbonyl (C=O) groups is 1. The molecule has 0 radical (unpaired) electrons. The van der Waals surface area contributed by atoms with Crippen molar-refractivity contribution < 1.29 is 22.7 Å². The van der Waals surface area contributed by atoms with Crippen LogP contribution in [0.1, 0.15) is 38.2 Å². The van der Waals surface area contributed by atoms with Crippen LogP contribution in [-0.4, -0.2) is 63.3 Å². The quantitative estimate of drug-likeness (QED) is 0.238. The molecule has 1 aliphatic heterocycles. The molecule has 1 aliphatic rings. The number of anilines is 2. The molecule has 42 heavy (non-hydrogen) atoms. The number of benzene rings is 3. The number of urea groups is 1. The summed E-state index contributed by atoms with van der Waals surface area (Å²) in [6.07, 6.45) is 5.01. The van der Waals surface area contributed by atoms with Crippen LogP contribution in [-0.2, 0) is 16.6 Å². The molecule has 2 N–H and O–H groups in total. The Hall–Kier alpha value is -3.47. The van der Waals surface area contributed by atoms with E-state index >= 15 is 0 Å². The first-order valence-corrected chi connectivity index (χ1v) is 15.9. The van der Waals surface area contributed by atoms with Crippen molar-refractivity contribution in [1.29, 1.82) is 0 Å². The van der Waals surface area contributed by atoms with E-state index in [0.717, 1.165) is 69.6 Å². The predicted molar refractivity (Wildman–Crippen MR) is 171 cm³/mol. The van der Waals surface area contributed by atoms with E-state index in [1.165, 1.54) is 5.56 Å². The van der Waals surface area contributed by atoms with Gasteiger partial charge >= 0.3 is 6.03 Å². The fourth-order valence-corrected chi connectivity index (χ4v) is 5.46. The van der Waals surface area contributed by atoms with Crippen LogP contribution in [0.5, 0.6) is 17.2 Å². The van der Waals surface area contributed by atoms with Gasteiger partial charge in [-0.1, -0.05) is 25.5 Å². The molecule has 228 valence electrons. The molecule has 3 aromatic rings. The number of unbranched alkanes of at least 4 members (excludes halogenated alkanes) is 1. The van der Waals surface area contributed by atoms with Crippen LogP contribution < -0.4 is 19.5 Å². The fourth-order valence-electron chi connectivity index (χ4n) is 4.90. The average Bonchev–Trinajstić information content (AvgIpc) is 2.96. The number of piperidine rings is 1. The number of nitrogens with one attached hydrogen (secondary N) is 2.